The summed E-state index contributed by atoms with van der Waals surface area (Å²) >= 11 is 4.93. The van der Waals surface area contributed by atoms with Gasteiger partial charge in [-0.15, -0.1) is 0 Å². The largest absolute Gasteiger partial charge is 0.440 e. The minimum atomic E-state index is -1.85. The summed E-state index contributed by atoms with van der Waals surface area (Å²) in [5, 5.41) is 0. The molecule has 5 heteroatoms. The van der Waals surface area contributed by atoms with Gasteiger partial charge in [0.25, 0.3) is 6.36 Å². The summed E-state index contributed by atoms with van der Waals surface area (Å²) in [6, 6.07) is 0. The van der Waals surface area contributed by atoms with Crippen LogP contribution in [0.15, 0.2) is 0 Å². The van der Waals surface area contributed by atoms with Crippen molar-refractivity contribution in [3.8, 4) is 0 Å². The van der Waals surface area contributed by atoms with Crippen molar-refractivity contribution in [2.75, 3.05) is 0 Å². The summed E-state index contributed by atoms with van der Waals surface area (Å²) in [6.07, 6.45) is -1.85. The standard InChI is InChI=1S/C3H2F2OS2/c4-1-2(5)8-3(7)6-1/h1-2H. The van der Waals surface area contributed by atoms with E-state index in [4.69, 9.17) is 0 Å². The van der Waals surface area contributed by atoms with Gasteiger partial charge in [-0.1, -0.05) is 0 Å². The van der Waals surface area contributed by atoms with Crippen molar-refractivity contribution in [3.05, 3.63) is 0 Å². The molecule has 1 nitrogen and oxygen atoms in total. The first-order valence-corrected chi connectivity index (χ1v) is 3.14. The summed E-state index contributed by atoms with van der Waals surface area (Å²) in [4.78, 5) is 0. The molecule has 0 saturated carbocycles. The van der Waals surface area contributed by atoms with Gasteiger partial charge < -0.3 is 4.74 Å². The molecule has 0 amide bonds. The number of halogens is 2. The van der Waals surface area contributed by atoms with Gasteiger partial charge in [0.15, 0.2) is 0 Å². The van der Waals surface area contributed by atoms with E-state index < -0.39 is 11.9 Å². The Kier molecular flexibility index (Phi) is 1.67. The van der Waals surface area contributed by atoms with Gasteiger partial charge in [0.1, 0.15) is 0 Å². The maximum Gasteiger partial charge on any atom is 0.280 e. The maximum atomic E-state index is 11.9. The predicted molar refractivity (Wildman–Crippen MR) is 31.1 cm³/mol. The lowest BCUT2D eigenvalue weighted by atomic mass is 10.8. The first kappa shape index (κ1) is 6.22. The molecule has 0 aromatic heterocycles. The van der Waals surface area contributed by atoms with E-state index in [0.29, 0.717) is 11.8 Å². The second-order valence-corrected chi connectivity index (χ2v) is 2.87. The molecule has 1 rings (SSSR count). The number of rotatable bonds is 0. The lowest BCUT2D eigenvalue weighted by Gasteiger charge is -1.95. The van der Waals surface area contributed by atoms with Crippen molar-refractivity contribution < 1.29 is 13.5 Å². The van der Waals surface area contributed by atoms with Crippen molar-refractivity contribution in [2.45, 2.75) is 11.9 Å². The van der Waals surface area contributed by atoms with Crippen LogP contribution in [0, 0.1) is 0 Å². The fraction of sp³-hybridized carbons (Fsp3) is 0.667. The Morgan fingerprint density at radius 2 is 2.25 bits per heavy atom. The van der Waals surface area contributed by atoms with E-state index >= 15 is 0 Å². The summed E-state index contributed by atoms with van der Waals surface area (Å²) < 4.78 is 27.9. The number of alkyl halides is 2. The normalized spacial score (nSPS) is 37.5. The van der Waals surface area contributed by atoms with Gasteiger partial charge in [0.2, 0.25) is 9.89 Å². The van der Waals surface area contributed by atoms with Gasteiger partial charge in [0.05, 0.1) is 0 Å². The molecule has 1 heterocycles. The van der Waals surface area contributed by atoms with E-state index in [1.165, 1.54) is 0 Å². The fourth-order valence-corrected chi connectivity index (χ4v) is 1.18. The fourth-order valence-electron chi connectivity index (χ4n) is 0.319. The summed E-state index contributed by atoms with van der Waals surface area (Å²) in [6.45, 7) is 0. The van der Waals surface area contributed by atoms with Crippen molar-refractivity contribution in [1.82, 2.24) is 0 Å². The molecule has 0 aromatic rings. The Morgan fingerprint density at radius 1 is 1.62 bits per heavy atom. The Hall–Kier alpha value is 0.1000. The molecule has 1 fully saturated rings. The third-order valence-electron chi connectivity index (χ3n) is 0.624. The molecule has 0 aliphatic carbocycles. The average molecular weight is 156 g/mol. The highest BCUT2D eigenvalue weighted by molar-refractivity contribution is 8.23. The third-order valence-corrected chi connectivity index (χ3v) is 1.74. The minimum Gasteiger partial charge on any atom is -0.440 e. The molecule has 1 aliphatic heterocycles. The smallest absolute Gasteiger partial charge is 0.280 e. The Morgan fingerprint density at radius 3 is 2.38 bits per heavy atom. The predicted octanol–water partition coefficient (Wildman–Crippen LogP) is 1.63. The number of hydrogen-bond acceptors (Lipinski definition) is 3. The van der Waals surface area contributed by atoms with Gasteiger partial charge in [-0.3, -0.25) is 0 Å². The van der Waals surface area contributed by atoms with Crippen LogP contribution in [-0.4, -0.2) is 16.2 Å². The van der Waals surface area contributed by atoms with Crippen molar-refractivity contribution in [2.24, 2.45) is 0 Å². The topological polar surface area (TPSA) is 9.23 Å². The van der Waals surface area contributed by atoms with Crippen LogP contribution in [0.4, 0.5) is 8.78 Å². The molecule has 46 valence electrons. The highest BCUT2D eigenvalue weighted by Crippen LogP contribution is 2.29. The molecule has 1 saturated heterocycles. The second-order valence-electron chi connectivity index (χ2n) is 1.19. The van der Waals surface area contributed by atoms with Crippen LogP contribution in [0.5, 0.6) is 0 Å². The molecule has 2 atom stereocenters. The molecule has 1 aliphatic rings. The number of thiocarbonyl (C=S) groups is 1. The first-order valence-electron chi connectivity index (χ1n) is 1.85. The van der Waals surface area contributed by atoms with Crippen molar-refractivity contribution >= 4 is 28.4 Å². The quantitative estimate of drug-likeness (QED) is 0.493. The van der Waals surface area contributed by atoms with Crippen molar-refractivity contribution in [1.29, 1.82) is 0 Å². The second kappa shape index (κ2) is 2.14. The zero-order valence-electron chi connectivity index (χ0n) is 3.64. The number of hydrogen-bond donors (Lipinski definition) is 0. The highest BCUT2D eigenvalue weighted by atomic mass is 32.2. The highest BCUT2D eigenvalue weighted by Gasteiger charge is 2.32. The summed E-state index contributed by atoms with van der Waals surface area (Å²) in [5.74, 6) is 0. The molecular weight excluding hydrogens is 154 g/mol. The first-order chi connectivity index (χ1) is 3.70. The third kappa shape index (κ3) is 1.08. The lowest BCUT2D eigenvalue weighted by Crippen LogP contribution is -2.07. The monoisotopic (exact) mass is 156 g/mol. The maximum absolute atomic E-state index is 11.9. The molecule has 8 heavy (non-hydrogen) atoms. The Balaban J connectivity index is 2.51. The van der Waals surface area contributed by atoms with Gasteiger partial charge in [-0.2, -0.15) is 4.39 Å². The van der Waals surface area contributed by atoms with Gasteiger partial charge in [-0.25, -0.2) is 4.39 Å². The lowest BCUT2D eigenvalue weighted by molar-refractivity contribution is 0.0358. The van der Waals surface area contributed by atoms with E-state index in [-0.39, 0.29) is 4.38 Å². The number of ether oxygens (including phenoxy) is 1. The van der Waals surface area contributed by atoms with Crippen molar-refractivity contribution in [3.63, 3.8) is 0 Å². The molecule has 2 unspecified atom stereocenters. The zero-order valence-corrected chi connectivity index (χ0v) is 5.27. The molecule has 0 spiro atoms. The van der Waals surface area contributed by atoms with E-state index in [2.05, 4.69) is 17.0 Å². The zero-order chi connectivity index (χ0) is 6.15. The molecule has 0 aromatic carbocycles. The van der Waals surface area contributed by atoms with Crippen LogP contribution in [-0.2, 0) is 4.74 Å². The number of thioether (sulfide) groups is 1. The summed E-state index contributed by atoms with van der Waals surface area (Å²) in [5.41, 5.74) is -1.62. The molecular formula is C3H2F2OS2. The van der Waals surface area contributed by atoms with E-state index in [0.717, 1.165) is 0 Å². The van der Waals surface area contributed by atoms with Crippen LogP contribution in [0.2, 0.25) is 0 Å². The molecule has 0 N–H and O–H groups in total. The Labute approximate surface area is 54.4 Å². The van der Waals surface area contributed by atoms with E-state index in [9.17, 15) is 8.78 Å². The van der Waals surface area contributed by atoms with Crippen LogP contribution in [0.3, 0.4) is 0 Å². The van der Waals surface area contributed by atoms with Crippen LogP contribution < -0.4 is 0 Å². The molecule has 0 radical (unpaired) electrons. The molecule has 0 bridgehead atoms. The minimum absolute atomic E-state index is 0.0509. The van der Waals surface area contributed by atoms with Gasteiger partial charge >= 0.3 is 0 Å². The van der Waals surface area contributed by atoms with E-state index in [1.54, 1.807) is 0 Å². The van der Waals surface area contributed by atoms with Gasteiger partial charge in [-0.05, 0) is 24.0 Å². The summed E-state index contributed by atoms with van der Waals surface area (Å²) in [7, 11) is 0. The van der Waals surface area contributed by atoms with Crippen LogP contribution in [0.1, 0.15) is 0 Å². The average Bonchev–Trinajstić information content (AvgIpc) is 1.85. The van der Waals surface area contributed by atoms with Gasteiger partial charge in [0, 0.05) is 0 Å². The van der Waals surface area contributed by atoms with Crippen LogP contribution >= 0.6 is 24.0 Å². The Bertz CT molecular complexity index is 106. The van der Waals surface area contributed by atoms with E-state index in [1.807, 2.05) is 0 Å². The SMILES string of the molecule is FC1OC(=S)SC1F. The van der Waals surface area contributed by atoms with Crippen LogP contribution in [0.25, 0.3) is 0 Å².